The van der Waals surface area contributed by atoms with Crippen molar-refractivity contribution in [2.24, 2.45) is 0 Å². The lowest BCUT2D eigenvalue weighted by Gasteiger charge is -2.10. The van der Waals surface area contributed by atoms with E-state index in [1.165, 1.54) is 4.90 Å². The smallest absolute Gasteiger partial charge is 0.222 e. The van der Waals surface area contributed by atoms with Crippen molar-refractivity contribution in [3.8, 4) is 0 Å². The number of nitrogens with two attached hydrogens (primary N) is 1. The van der Waals surface area contributed by atoms with Crippen LogP contribution in [0.15, 0.2) is 23.1 Å². The van der Waals surface area contributed by atoms with Crippen molar-refractivity contribution in [1.82, 2.24) is 4.90 Å². The van der Waals surface area contributed by atoms with E-state index in [2.05, 4.69) is 6.07 Å². The number of carbonyl (C=O) groups excluding carboxylic acids is 1. The number of nitrogen functional groups attached to an aromatic ring is 1. The van der Waals surface area contributed by atoms with E-state index in [4.69, 9.17) is 5.73 Å². The first-order chi connectivity index (χ1) is 8.02. The monoisotopic (exact) mass is 252 g/mol. The maximum absolute atomic E-state index is 11.4. The fourth-order valence-electron chi connectivity index (χ4n) is 1.42. The van der Waals surface area contributed by atoms with E-state index >= 15 is 0 Å². The third kappa shape index (κ3) is 4.30. The van der Waals surface area contributed by atoms with Gasteiger partial charge in [0.05, 0.1) is 0 Å². The second kappa shape index (κ2) is 6.55. The molecule has 1 amide bonds. The van der Waals surface area contributed by atoms with E-state index in [-0.39, 0.29) is 5.91 Å². The van der Waals surface area contributed by atoms with Crippen LogP contribution in [0.25, 0.3) is 0 Å². The van der Waals surface area contributed by atoms with Crippen molar-refractivity contribution >= 4 is 23.4 Å². The van der Waals surface area contributed by atoms with E-state index in [0.29, 0.717) is 6.42 Å². The summed E-state index contributed by atoms with van der Waals surface area (Å²) in [6.45, 7) is 2.03. The van der Waals surface area contributed by atoms with Gasteiger partial charge >= 0.3 is 0 Å². The van der Waals surface area contributed by atoms with Crippen LogP contribution in [0.1, 0.15) is 18.4 Å². The van der Waals surface area contributed by atoms with Gasteiger partial charge < -0.3 is 10.6 Å². The highest BCUT2D eigenvalue weighted by molar-refractivity contribution is 7.99. The van der Waals surface area contributed by atoms with Gasteiger partial charge in [0.15, 0.2) is 0 Å². The van der Waals surface area contributed by atoms with E-state index in [9.17, 15) is 4.79 Å². The molecule has 0 aliphatic rings. The predicted molar refractivity (Wildman–Crippen MR) is 74.2 cm³/mol. The number of nitrogens with zero attached hydrogens (tertiary/aromatic N) is 1. The molecule has 0 radical (unpaired) electrons. The van der Waals surface area contributed by atoms with Crippen molar-refractivity contribution in [3.63, 3.8) is 0 Å². The van der Waals surface area contributed by atoms with Crippen LogP contribution in [-0.4, -0.2) is 30.7 Å². The molecule has 0 aliphatic carbocycles. The number of hydrogen-bond acceptors (Lipinski definition) is 3. The van der Waals surface area contributed by atoms with Gasteiger partial charge in [-0.15, -0.1) is 11.8 Å². The topological polar surface area (TPSA) is 46.3 Å². The quantitative estimate of drug-likeness (QED) is 0.497. The number of hydrogen-bond donors (Lipinski definition) is 1. The molecular formula is C13H20N2OS. The summed E-state index contributed by atoms with van der Waals surface area (Å²) in [5, 5.41) is 0. The molecule has 0 aromatic heterocycles. The van der Waals surface area contributed by atoms with Gasteiger partial charge in [-0.1, -0.05) is 6.07 Å². The minimum absolute atomic E-state index is 0.190. The molecule has 17 heavy (non-hydrogen) atoms. The van der Waals surface area contributed by atoms with E-state index in [0.717, 1.165) is 23.4 Å². The minimum Gasteiger partial charge on any atom is -0.398 e. The highest BCUT2D eigenvalue weighted by Gasteiger charge is 2.05. The fourth-order valence-corrected chi connectivity index (χ4v) is 2.43. The lowest BCUT2D eigenvalue weighted by atomic mass is 10.2. The Hall–Kier alpha value is -1.16. The largest absolute Gasteiger partial charge is 0.398 e. The zero-order chi connectivity index (χ0) is 12.8. The molecule has 0 spiro atoms. The van der Waals surface area contributed by atoms with Gasteiger partial charge in [0.1, 0.15) is 0 Å². The van der Waals surface area contributed by atoms with Crippen molar-refractivity contribution in [2.75, 3.05) is 25.6 Å². The summed E-state index contributed by atoms with van der Waals surface area (Å²) in [6, 6.07) is 5.95. The van der Waals surface area contributed by atoms with Gasteiger partial charge in [-0.3, -0.25) is 4.79 Å². The molecule has 2 N–H and O–H groups in total. The van der Waals surface area contributed by atoms with Crippen molar-refractivity contribution in [2.45, 2.75) is 24.7 Å². The van der Waals surface area contributed by atoms with Crippen molar-refractivity contribution in [3.05, 3.63) is 23.8 Å². The Bertz CT molecular complexity index is 391. The predicted octanol–water partition coefficient (Wildman–Crippen LogP) is 2.54. The molecule has 94 valence electrons. The number of amides is 1. The molecule has 1 aromatic rings. The lowest BCUT2D eigenvalue weighted by molar-refractivity contribution is -0.128. The van der Waals surface area contributed by atoms with E-state index < -0.39 is 0 Å². The molecule has 0 saturated carbocycles. The highest BCUT2D eigenvalue weighted by Crippen LogP contribution is 2.26. The van der Waals surface area contributed by atoms with E-state index in [1.54, 1.807) is 30.8 Å². The fraction of sp³-hybridized carbons (Fsp3) is 0.462. The molecule has 0 fully saturated rings. The Balaban J connectivity index is 2.36. The molecule has 0 aliphatic heterocycles. The third-order valence-electron chi connectivity index (χ3n) is 2.62. The van der Waals surface area contributed by atoms with E-state index in [1.807, 2.05) is 19.1 Å². The first-order valence-electron chi connectivity index (χ1n) is 5.70. The van der Waals surface area contributed by atoms with Crippen LogP contribution in [0.4, 0.5) is 5.69 Å². The molecule has 1 rings (SSSR count). The summed E-state index contributed by atoms with van der Waals surface area (Å²) in [7, 11) is 3.58. The molecule has 0 bridgehead atoms. The molecule has 0 unspecified atom stereocenters. The Morgan fingerprint density at radius 3 is 2.76 bits per heavy atom. The second-order valence-corrected chi connectivity index (χ2v) is 5.35. The Labute approximate surface area is 107 Å². The summed E-state index contributed by atoms with van der Waals surface area (Å²) in [4.78, 5) is 14.2. The highest BCUT2D eigenvalue weighted by atomic mass is 32.2. The first-order valence-corrected chi connectivity index (χ1v) is 6.69. The number of anilines is 1. The Morgan fingerprint density at radius 1 is 1.41 bits per heavy atom. The molecule has 0 saturated heterocycles. The van der Waals surface area contributed by atoms with Crippen LogP contribution in [0.5, 0.6) is 0 Å². The molecule has 3 nitrogen and oxygen atoms in total. The van der Waals surface area contributed by atoms with Crippen molar-refractivity contribution in [1.29, 1.82) is 0 Å². The van der Waals surface area contributed by atoms with Gasteiger partial charge in [-0.05, 0) is 36.8 Å². The zero-order valence-corrected chi connectivity index (χ0v) is 11.5. The molecule has 0 atom stereocenters. The SMILES string of the molecule is Cc1c(N)cccc1SCCCC(=O)N(C)C. The maximum Gasteiger partial charge on any atom is 0.222 e. The zero-order valence-electron chi connectivity index (χ0n) is 10.7. The average molecular weight is 252 g/mol. The molecule has 1 aromatic carbocycles. The summed E-state index contributed by atoms with van der Waals surface area (Å²) in [6.07, 6.45) is 1.51. The van der Waals surface area contributed by atoms with Crippen LogP contribution in [-0.2, 0) is 4.79 Å². The third-order valence-corrected chi connectivity index (χ3v) is 3.86. The van der Waals surface area contributed by atoms with Gasteiger partial charge in [0, 0.05) is 31.1 Å². The number of carbonyl (C=O) groups is 1. The average Bonchev–Trinajstić information content (AvgIpc) is 2.29. The first kappa shape index (κ1) is 13.9. The maximum atomic E-state index is 11.4. The Morgan fingerprint density at radius 2 is 2.12 bits per heavy atom. The van der Waals surface area contributed by atoms with Crippen LogP contribution >= 0.6 is 11.8 Å². The van der Waals surface area contributed by atoms with Crippen molar-refractivity contribution < 1.29 is 4.79 Å². The molecular weight excluding hydrogens is 232 g/mol. The van der Waals surface area contributed by atoms with Crippen LogP contribution in [0, 0.1) is 6.92 Å². The number of thioether (sulfide) groups is 1. The Kier molecular flexibility index (Phi) is 5.35. The summed E-state index contributed by atoms with van der Waals surface area (Å²) in [5.41, 5.74) is 7.81. The summed E-state index contributed by atoms with van der Waals surface area (Å²) >= 11 is 1.76. The van der Waals surface area contributed by atoms with Gasteiger partial charge in [-0.25, -0.2) is 0 Å². The summed E-state index contributed by atoms with van der Waals surface area (Å²) in [5.74, 6) is 1.14. The van der Waals surface area contributed by atoms with Crippen LogP contribution in [0.2, 0.25) is 0 Å². The number of benzene rings is 1. The van der Waals surface area contributed by atoms with Crippen LogP contribution < -0.4 is 5.73 Å². The lowest BCUT2D eigenvalue weighted by Crippen LogP contribution is -2.21. The molecule has 0 heterocycles. The van der Waals surface area contributed by atoms with Gasteiger partial charge in [-0.2, -0.15) is 0 Å². The second-order valence-electron chi connectivity index (χ2n) is 4.21. The number of rotatable bonds is 5. The standard InChI is InChI=1S/C13H20N2OS/c1-10-11(14)6-4-7-12(10)17-9-5-8-13(16)15(2)3/h4,6-7H,5,8-9,14H2,1-3H3. The molecule has 4 heteroatoms. The minimum atomic E-state index is 0.190. The van der Waals surface area contributed by atoms with Crippen LogP contribution in [0.3, 0.4) is 0 Å². The summed E-state index contributed by atoms with van der Waals surface area (Å²) < 4.78 is 0. The van der Waals surface area contributed by atoms with Gasteiger partial charge in [0.2, 0.25) is 5.91 Å². The normalized spacial score (nSPS) is 10.3. The van der Waals surface area contributed by atoms with Gasteiger partial charge in [0.25, 0.3) is 0 Å².